The highest BCUT2D eigenvalue weighted by Gasteiger charge is 2.22. The lowest BCUT2D eigenvalue weighted by Gasteiger charge is -2.32. The van der Waals surface area contributed by atoms with Crippen LogP contribution in [0.3, 0.4) is 0 Å². The zero-order valence-electron chi connectivity index (χ0n) is 14.0. The first kappa shape index (κ1) is 17.5. The number of carbonyl (C=O) groups excluding carboxylic acids is 2. The average molecular weight is 318 g/mol. The summed E-state index contributed by atoms with van der Waals surface area (Å²) >= 11 is 0. The predicted octanol–water partition coefficient (Wildman–Crippen LogP) is 2.00. The zero-order chi connectivity index (χ0) is 16.7. The molecule has 0 radical (unpaired) electrons. The number of methoxy groups -OCH3 is 1. The van der Waals surface area contributed by atoms with Crippen LogP contribution >= 0.6 is 0 Å². The second-order valence-corrected chi connectivity index (χ2v) is 6.10. The van der Waals surface area contributed by atoms with Crippen molar-refractivity contribution in [1.82, 2.24) is 10.2 Å². The van der Waals surface area contributed by atoms with E-state index in [-0.39, 0.29) is 18.4 Å². The molecule has 23 heavy (non-hydrogen) atoms. The second-order valence-electron chi connectivity index (χ2n) is 6.10. The van der Waals surface area contributed by atoms with Crippen molar-refractivity contribution in [3.8, 4) is 0 Å². The van der Waals surface area contributed by atoms with Crippen LogP contribution < -0.4 is 5.32 Å². The van der Waals surface area contributed by atoms with Crippen LogP contribution in [0.2, 0.25) is 0 Å². The van der Waals surface area contributed by atoms with E-state index in [1.807, 2.05) is 30.0 Å². The van der Waals surface area contributed by atoms with Crippen molar-refractivity contribution in [3.63, 3.8) is 0 Å². The first-order valence-corrected chi connectivity index (χ1v) is 8.22. The van der Waals surface area contributed by atoms with Gasteiger partial charge in [-0.1, -0.05) is 18.2 Å². The average Bonchev–Trinajstić information content (AvgIpc) is 2.58. The standard InChI is InChI=1S/C18H26N2O3/c1-14-5-3-4-6-16(14)18(22)19-13-17(21)20-10-7-15(8-11-20)9-12-23-2/h3-6,15H,7-13H2,1-2H3,(H,19,22). The lowest BCUT2D eigenvalue weighted by atomic mass is 9.94. The molecule has 2 amide bonds. The Kier molecular flexibility index (Phi) is 6.59. The number of rotatable bonds is 6. The summed E-state index contributed by atoms with van der Waals surface area (Å²) in [5.74, 6) is 0.448. The van der Waals surface area contributed by atoms with E-state index >= 15 is 0 Å². The van der Waals surface area contributed by atoms with Crippen LogP contribution in [0.25, 0.3) is 0 Å². The third kappa shape index (κ3) is 5.06. The summed E-state index contributed by atoms with van der Waals surface area (Å²) in [7, 11) is 1.72. The molecule has 1 saturated heterocycles. The minimum atomic E-state index is -0.188. The maximum absolute atomic E-state index is 12.2. The van der Waals surface area contributed by atoms with Gasteiger partial charge in [0, 0.05) is 32.4 Å². The number of likely N-dealkylation sites (tertiary alicyclic amines) is 1. The van der Waals surface area contributed by atoms with Crippen molar-refractivity contribution in [3.05, 3.63) is 35.4 Å². The molecule has 1 aromatic carbocycles. The molecule has 0 aromatic heterocycles. The van der Waals surface area contributed by atoms with Gasteiger partial charge >= 0.3 is 0 Å². The summed E-state index contributed by atoms with van der Waals surface area (Å²) in [6.45, 7) is 4.28. The van der Waals surface area contributed by atoms with E-state index < -0.39 is 0 Å². The summed E-state index contributed by atoms with van der Waals surface area (Å²) in [6, 6.07) is 7.39. The molecule has 1 N–H and O–H groups in total. The van der Waals surface area contributed by atoms with E-state index in [2.05, 4.69) is 5.32 Å². The fraction of sp³-hybridized carbons (Fsp3) is 0.556. The normalized spacial score (nSPS) is 15.5. The molecule has 1 aromatic rings. The quantitative estimate of drug-likeness (QED) is 0.873. The smallest absolute Gasteiger partial charge is 0.251 e. The Bertz CT molecular complexity index is 537. The lowest BCUT2D eigenvalue weighted by Crippen LogP contribution is -2.44. The van der Waals surface area contributed by atoms with E-state index in [0.29, 0.717) is 11.5 Å². The Morgan fingerprint density at radius 1 is 1.26 bits per heavy atom. The molecule has 1 aliphatic heterocycles. The largest absolute Gasteiger partial charge is 0.385 e. The molecular weight excluding hydrogens is 292 g/mol. The number of benzene rings is 1. The maximum Gasteiger partial charge on any atom is 0.251 e. The topological polar surface area (TPSA) is 58.6 Å². The van der Waals surface area contributed by atoms with Crippen LogP contribution in [0.5, 0.6) is 0 Å². The predicted molar refractivity (Wildman–Crippen MR) is 89.3 cm³/mol. The van der Waals surface area contributed by atoms with E-state index in [0.717, 1.165) is 44.5 Å². The van der Waals surface area contributed by atoms with Crippen LogP contribution in [-0.4, -0.2) is 50.1 Å². The Hall–Kier alpha value is -1.88. The van der Waals surface area contributed by atoms with Crippen molar-refractivity contribution >= 4 is 11.8 Å². The number of nitrogens with one attached hydrogen (secondary N) is 1. The number of hydrogen-bond acceptors (Lipinski definition) is 3. The fourth-order valence-corrected chi connectivity index (χ4v) is 2.95. The number of amides is 2. The zero-order valence-corrected chi connectivity index (χ0v) is 14.0. The molecule has 0 bridgehead atoms. The summed E-state index contributed by atoms with van der Waals surface area (Å²) in [4.78, 5) is 26.2. The molecular formula is C18H26N2O3. The van der Waals surface area contributed by atoms with E-state index in [9.17, 15) is 9.59 Å². The molecule has 1 aliphatic rings. The fourth-order valence-electron chi connectivity index (χ4n) is 2.95. The van der Waals surface area contributed by atoms with Crippen LogP contribution in [0, 0.1) is 12.8 Å². The Labute approximate surface area is 138 Å². The molecule has 0 aliphatic carbocycles. The number of hydrogen-bond donors (Lipinski definition) is 1. The highest BCUT2D eigenvalue weighted by molar-refractivity contribution is 5.97. The number of nitrogens with zero attached hydrogens (tertiary/aromatic N) is 1. The van der Waals surface area contributed by atoms with Gasteiger partial charge in [0.25, 0.3) is 5.91 Å². The highest BCUT2D eigenvalue weighted by atomic mass is 16.5. The number of aryl methyl sites for hydroxylation is 1. The monoisotopic (exact) mass is 318 g/mol. The van der Waals surface area contributed by atoms with Crippen molar-refractivity contribution in [1.29, 1.82) is 0 Å². The minimum Gasteiger partial charge on any atom is -0.385 e. The summed E-state index contributed by atoms with van der Waals surface area (Å²) < 4.78 is 5.11. The van der Waals surface area contributed by atoms with Gasteiger partial charge in [0.2, 0.25) is 5.91 Å². The molecule has 5 heteroatoms. The van der Waals surface area contributed by atoms with Gasteiger partial charge in [-0.15, -0.1) is 0 Å². The molecule has 2 rings (SSSR count). The Morgan fingerprint density at radius 3 is 2.61 bits per heavy atom. The van der Waals surface area contributed by atoms with Crippen molar-refractivity contribution in [2.75, 3.05) is 33.4 Å². The van der Waals surface area contributed by atoms with Crippen LogP contribution in [0.1, 0.15) is 35.2 Å². The van der Waals surface area contributed by atoms with Crippen LogP contribution in [0.15, 0.2) is 24.3 Å². The number of ether oxygens (including phenoxy) is 1. The van der Waals surface area contributed by atoms with Gasteiger partial charge in [0.15, 0.2) is 0 Å². The van der Waals surface area contributed by atoms with Gasteiger partial charge in [-0.3, -0.25) is 9.59 Å². The number of piperidine rings is 1. The summed E-state index contributed by atoms with van der Waals surface area (Å²) in [5, 5.41) is 2.73. The minimum absolute atomic E-state index is 0.00266. The SMILES string of the molecule is COCCC1CCN(C(=O)CNC(=O)c2ccccc2C)CC1. The molecule has 0 unspecified atom stereocenters. The molecule has 0 spiro atoms. The van der Waals surface area contributed by atoms with E-state index in [4.69, 9.17) is 4.74 Å². The van der Waals surface area contributed by atoms with Crippen molar-refractivity contribution in [2.45, 2.75) is 26.2 Å². The summed E-state index contributed by atoms with van der Waals surface area (Å²) in [6.07, 6.45) is 3.09. The van der Waals surface area contributed by atoms with Crippen LogP contribution in [0.4, 0.5) is 0 Å². The molecule has 1 fully saturated rings. The van der Waals surface area contributed by atoms with Crippen molar-refractivity contribution in [2.24, 2.45) is 5.92 Å². The molecule has 5 nitrogen and oxygen atoms in total. The molecule has 1 heterocycles. The van der Waals surface area contributed by atoms with Gasteiger partial charge < -0.3 is 15.0 Å². The maximum atomic E-state index is 12.2. The molecule has 0 atom stereocenters. The van der Waals surface area contributed by atoms with Gasteiger partial charge in [-0.25, -0.2) is 0 Å². The van der Waals surface area contributed by atoms with Gasteiger partial charge in [0.05, 0.1) is 6.54 Å². The molecule has 0 saturated carbocycles. The second kappa shape index (κ2) is 8.67. The van der Waals surface area contributed by atoms with Crippen molar-refractivity contribution < 1.29 is 14.3 Å². The van der Waals surface area contributed by atoms with E-state index in [1.54, 1.807) is 13.2 Å². The summed E-state index contributed by atoms with van der Waals surface area (Å²) in [5.41, 5.74) is 1.54. The van der Waals surface area contributed by atoms with Gasteiger partial charge in [-0.2, -0.15) is 0 Å². The number of carbonyl (C=O) groups is 2. The highest BCUT2D eigenvalue weighted by Crippen LogP contribution is 2.20. The van der Waals surface area contributed by atoms with Gasteiger partial charge in [0.1, 0.15) is 0 Å². The molecule has 126 valence electrons. The van der Waals surface area contributed by atoms with Gasteiger partial charge in [-0.05, 0) is 43.7 Å². The first-order chi connectivity index (χ1) is 11.1. The van der Waals surface area contributed by atoms with Crippen LogP contribution in [-0.2, 0) is 9.53 Å². The Morgan fingerprint density at radius 2 is 1.96 bits per heavy atom. The third-order valence-electron chi connectivity index (χ3n) is 4.49. The van der Waals surface area contributed by atoms with E-state index in [1.165, 1.54) is 0 Å². The first-order valence-electron chi connectivity index (χ1n) is 8.22. The Balaban J connectivity index is 1.75. The lowest BCUT2D eigenvalue weighted by molar-refractivity contribution is -0.131. The third-order valence-corrected chi connectivity index (χ3v) is 4.49.